The second-order valence-electron chi connectivity index (χ2n) is 7.13. The van der Waals surface area contributed by atoms with E-state index in [9.17, 15) is 23.1 Å². The largest absolute Gasteiger partial charge is 0.481 e. The van der Waals surface area contributed by atoms with Crippen molar-refractivity contribution in [2.45, 2.75) is 18.2 Å². The fraction of sp³-hybridized carbons (Fsp3) is 0.333. The average molecular weight is 374 g/mol. The third-order valence-electron chi connectivity index (χ3n) is 5.45. The van der Waals surface area contributed by atoms with Gasteiger partial charge in [0.15, 0.2) is 0 Å². The molecule has 0 bridgehead atoms. The van der Waals surface area contributed by atoms with Crippen LogP contribution in [-0.4, -0.2) is 49.8 Å². The van der Waals surface area contributed by atoms with Gasteiger partial charge < -0.3 is 10.0 Å². The minimum absolute atomic E-state index is 0.0631. The van der Waals surface area contributed by atoms with Crippen LogP contribution in [0.1, 0.15) is 23.7 Å². The van der Waals surface area contributed by atoms with Gasteiger partial charge in [0.25, 0.3) is 5.91 Å². The Morgan fingerprint density at radius 1 is 1.23 bits per heavy atom. The molecule has 0 radical (unpaired) electrons. The highest BCUT2D eigenvalue weighted by molar-refractivity contribution is 7.89. The Morgan fingerprint density at radius 3 is 2.62 bits per heavy atom. The summed E-state index contributed by atoms with van der Waals surface area (Å²) in [5.74, 6) is -1.16. The maximum atomic E-state index is 13.2. The van der Waals surface area contributed by atoms with Crippen LogP contribution >= 0.6 is 0 Å². The van der Waals surface area contributed by atoms with Gasteiger partial charge in [0, 0.05) is 36.5 Å². The second kappa shape index (κ2) is 5.28. The lowest BCUT2D eigenvalue weighted by atomic mass is 9.90. The Labute approximate surface area is 150 Å². The Balaban J connectivity index is 1.86. The van der Waals surface area contributed by atoms with Gasteiger partial charge in [0.2, 0.25) is 10.0 Å². The lowest BCUT2D eigenvalue weighted by molar-refractivity contribution is -0.146. The van der Waals surface area contributed by atoms with Crippen LogP contribution in [0.2, 0.25) is 0 Å². The highest BCUT2D eigenvalue weighted by atomic mass is 32.2. The zero-order valence-corrected chi connectivity index (χ0v) is 15.2. The van der Waals surface area contributed by atoms with Crippen LogP contribution in [0, 0.1) is 5.41 Å². The normalized spacial score (nSPS) is 23.2. The Bertz CT molecular complexity index is 1080. The van der Waals surface area contributed by atoms with Crippen molar-refractivity contribution in [1.82, 2.24) is 4.31 Å². The molecular formula is C18H18N2O5S. The maximum absolute atomic E-state index is 13.2. The highest BCUT2D eigenvalue weighted by Gasteiger charge is 2.45. The summed E-state index contributed by atoms with van der Waals surface area (Å²) in [5.41, 5.74) is 0.0724. The Hall–Kier alpha value is -2.45. The molecule has 2 heterocycles. The smallest absolute Gasteiger partial charge is 0.310 e. The van der Waals surface area contributed by atoms with Crippen molar-refractivity contribution in [3.63, 3.8) is 0 Å². The first-order chi connectivity index (χ1) is 12.2. The first kappa shape index (κ1) is 17.0. The van der Waals surface area contributed by atoms with Crippen LogP contribution in [0.25, 0.3) is 10.8 Å². The van der Waals surface area contributed by atoms with Crippen LogP contribution in [0.4, 0.5) is 5.69 Å². The van der Waals surface area contributed by atoms with E-state index in [1.165, 1.54) is 15.3 Å². The maximum Gasteiger partial charge on any atom is 0.310 e. The van der Waals surface area contributed by atoms with Crippen LogP contribution in [0.3, 0.4) is 0 Å². The van der Waals surface area contributed by atoms with Gasteiger partial charge in [-0.15, -0.1) is 0 Å². The predicted molar refractivity (Wildman–Crippen MR) is 95.8 cm³/mol. The zero-order valence-electron chi connectivity index (χ0n) is 14.4. The van der Waals surface area contributed by atoms with Crippen molar-refractivity contribution < 1.29 is 23.1 Å². The van der Waals surface area contributed by atoms with Crippen LogP contribution in [-0.2, 0) is 14.8 Å². The highest BCUT2D eigenvalue weighted by Crippen LogP contribution is 2.41. The molecular weight excluding hydrogens is 356 g/mol. The lowest BCUT2D eigenvalue weighted by Crippen LogP contribution is -2.35. The molecule has 1 atom stereocenters. The minimum atomic E-state index is -3.87. The van der Waals surface area contributed by atoms with Gasteiger partial charge in [-0.25, -0.2) is 8.42 Å². The average Bonchev–Trinajstić information content (AvgIpc) is 3.13. The molecule has 1 fully saturated rings. The molecule has 0 aromatic heterocycles. The van der Waals surface area contributed by atoms with Crippen molar-refractivity contribution >= 4 is 38.4 Å². The second-order valence-corrected chi connectivity index (χ2v) is 9.04. The number of amides is 1. The molecule has 0 aliphatic carbocycles. The van der Waals surface area contributed by atoms with Crippen LogP contribution in [0.15, 0.2) is 35.2 Å². The van der Waals surface area contributed by atoms with Crippen molar-refractivity contribution in [3.8, 4) is 0 Å². The molecule has 136 valence electrons. The van der Waals surface area contributed by atoms with Gasteiger partial charge >= 0.3 is 5.97 Å². The van der Waals surface area contributed by atoms with Gasteiger partial charge in [-0.05, 0) is 31.5 Å². The van der Waals surface area contributed by atoms with Crippen molar-refractivity contribution in [2.75, 3.05) is 25.0 Å². The summed E-state index contributed by atoms with van der Waals surface area (Å²) in [5, 5.41) is 10.5. The van der Waals surface area contributed by atoms with Gasteiger partial charge in [0.1, 0.15) is 0 Å². The van der Waals surface area contributed by atoms with Crippen LogP contribution < -0.4 is 4.90 Å². The standard InChI is InChI=1S/C18H18N2O5S/c1-18(17(22)23)8-9-20(10-18)26(24,25)14-7-6-13-15-11(14)4-3-5-12(15)16(21)19(13)2/h3-7H,8-10H2,1-2H3,(H,22,23). The van der Waals surface area contributed by atoms with E-state index in [-0.39, 0.29) is 30.3 Å². The van der Waals surface area contributed by atoms with E-state index in [4.69, 9.17) is 0 Å². The van der Waals surface area contributed by atoms with Crippen molar-refractivity contribution in [3.05, 3.63) is 35.9 Å². The van der Waals surface area contributed by atoms with Gasteiger partial charge in [-0.1, -0.05) is 12.1 Å². The summed E-state index contributed by atoms with van der Waals surface area (Å²) in [6, 6.07) is 8.18. The van der Waals surface area contributed by atoms with E-state index in [0.29, 0.717) is 22.0 Å². The Morgan fingerprint density at radius 2 is 1.96 bits per heavy atom. The van der Waals surface area contributed by atoms with Crippen molar-refractivity contribution in [1.29, 1.82) is 0 Å². The number of sulfonamides is 1. The molecule has 1 saturated heterocycles. The molecule has 2 aliphatic heterocycles. The summed E-state index contributed by atoms with van der Waals surface area (Å²) >= 11 is 0. The summed E-state index contributed by atoms with van der Waals surface area (Å²) < 4.78 is 27.6. The quantitative estimate of drug-likeness (QED) is 0.886. The van der Waals surface area contributed by atoms with Gasteiger partial charge in [-0.2, -0.15) is 4.31 Å². The number of carbonyl (C=O) groups is 2. The van der Waals surface area contributed by atoms with Gasteiger partial charge in [0.05, 0.1) is 16.0 Å². The molecule has 1 unspecified atom stereocenters. The van der Waals surface area contributed by atoms with Crippen LogP contribution in [0.5, 0.6) is 0 Å². The molecule has 7 nitrogen and oxygen atoms in total. The number of rotatable bonds is 3. The van der Waals surface area contributed by atoms with Crippen molar-refractivity contribution in [2.24, 2.45) is 5.41 Å². The molecule has 8 heteroatoms. The first-order valence-corrected chi connectivity index (χ1v) is 9.68. The van der Waals surface area contributed by atoms with E-state index < -0.39 is 21.4 Å². The number of carboxylic acid groups (broad SMARTS) is 1. The fourth-order valence-electron chi connectivity index (χ4n) is 3.77. The third kappa shape index (κ3) is 2.12. The third-order valence-corrected chi connectivity index (χ3v) is 7.35. The molecule has 1 amide bonds. The first-order valence-electron chi connectivity index (χ1n) is 8.24. The monoisotopic (exact) mass is 374 g/mol. The molecule has 2 aromatic rings. The van der Waals surface area contributed by atoms with E-state index in [0.717, 1.165) is 0 Å². The van der Waals surface area contributed by atoms with E-state index in [2.05, 4.69) is 0 Å². The number of carboxylic acids is 1. The fourth-order valence-corrected chi connectivity index (χ4v) is 5.52. The predicted octanol–water partition coefficient (Wildman–Crippen LogP) is 1.92. The number of hydrogen-bond acceptors (Lipinski definition) is 4. The summed E-state index contributed by atoms with van der Waals surface area (Å²) in [6.45, 7) is 1.66. The van der Waals surface area contributed by atoms with E-state index in [1.807, 2.05) is 0 Å². The number of benzene rings is 2. The molecule has 26 heavy (non-hydrogen) atoms. The summed E-state index contributed by atoms with van der Waals surface area (Å²) in [6.07, 6.45) is 0.268. The van der Waals surface area contributed by atoms with E-state index >= 15 is 0 Å². The molecule has 2 aliphatic rings. The Kier molecular flexibility index (Phi) is 3.45. The minimum Gasteiger partial charge on any atom is -0.481 e. The lowest BCUT2D eigenvalue weighted by Gasteiger charge is -2.21. The molecule has 0 spiro atoms. The van der Waals surface area contributed by atoms with Gasteiger partial charge in [-0.3, -0.25) is 9.59 Å². The molecule has 4 rings (SSSR count). The molecule has 1 N–H and O–H groups in total. The SMILES string of the molecule is CN1C(=O)c2cccc3c(S(=O)(=O)N4CCC(C)(C(=O)O)C4)ccc1c23. The number of nitrogens with zero attached hydrogens (tertiary/aromatic N) is 2. The molecule has 0 saturated carbocycles. The number of aliphatic carboxylic acids is 1. The molecule has 2 aromatic carbocycles. The zero-order chi connectivity index (χ0) is 18.9. The number of carbonyl (C=O) groups excluding carboxylic acids is 1. The summed E-state index contributed by atoms with van der Waals surface area (Å²) in [4.78, 5) is 25.4. The summed E-state index contributed by atoms with van der Waals surface area (Å²) in [7, 11) is -2.21. The van der Waals surface area contributed by atoms with E-state index in [1.54, 1.807) is 38.2 Å². The topological polar surface area (TPSA) is 95.0 Å². The number of hydrogen-bond donors (Lipinski definition) is 1. The number of anilines is 1.